The van der Waals surface area contributed by atoms with Crippen LogP contribution in [0.25, 0.3) is 0 Å². The van der Waals surface area contributed by atoms with Crippen LogP contribution in [0.4, 0.5) is 5.69 Å². The Morgan fingerprint density at radius 3 is 3.00 bits per heavy atom. The van der Waals surface area contributed by atoms with Gasteiger partial charge in [0.15, 0.2) is 0 Å². The summed E-state index contributed by atoms with van der Waals surface area (Å²) in [7, 11) is 1.82. The topological polar surface area (TPSA) is 41.6 Å². The van der Waals surface area contributed by atoms with Gasteiger partial charge in [-0.2, -0.15) is 0 Å². The molecule has 1 unspecified atom stereocenters. The molecule has 1 saturated heterocycles. The van der Waals surface area contributed by atoms with Crippen molar-refractivity contribution >= 4 is 27.5 Å². The molecule has 1 aliphatic rings. The molecule has 0 spiro atoms. The molecule has 0 bridgehead atoms. The van der Waals surface area contributed by atoms with Gasteiger partial charge in [0, 0.05) is 23.2 Å². The zero-order valence-corrected chi connectivity index (χ0v) is 12.2. The van der Waals surface area contributed by atoms with Crippen LogP contribution in [0.1, 0.15) is 5.56 Å². The monoisotopic (exact) mass is 312 g/mol. The van der Waals surface area contributed by atoms with Crippen molar-refractivity contribution in [3.05, 3.63) is 28.2 Å². The fourth-order valence-electron chi connectivity index (χ4n) is 2.13. The van der Waals surface area contributed by atoms with Crippen molar-refractivity contribution in [1.82, 2.24) is 5.32 Å². The number of amides is 1. The third-order valence-electron chi connectivity index (χ3n) is 3.01. The van der Waals surface area contributed by atoms with Gasteiger partial charge in [0.05, 0.1) is 6.61 Å². The van der Waals surface area contributed by atoms with E-state index in [-0.39, 0.29) is 12.0 Å². The van der Waals surface area contributed by atoms with Crippen LogP contribution >= 0.6 is 15.9 Å². The lowest BCUT2D eigenvalue weighted by atomic mass is 10.1. The third-order valence-corrected chi connectivity index (χ3v) is 3.51. The average Bonchev–Trinajstić information content (AvgIpc) is 2.33. The van der Waals surface area contributed by atoms with Gasteiger partial charge < -0.3 is 15.0 Å². The molecular formula is C13H17BrN2O2. The van der Waals surface area contributed by atoms with Crippen LogP contribution in [0.2, 0.25) is 0 Å². The summed E-state index contributed by atoms with van der Waals surface area (Å²) >= 11 is 3.43. The van der Waals surface area contributed by atoms with Gasteiger partial charge in [-0.1, -0.05) is 15.9 Å². The zero-order chi connectivity index (χ0) is 13.1. The Labute approximate surface area is 115 Å². The molecule has 0 aliphatic carbocycles. The van der Waals surface area contributed by atoms with E-state index < -0.39 is 0 Å². The Morgan fingerprint density at radius 2 is 2.33 bits per heavy atom. The summed E-state index contributed by atoms with van der Waals surface area (Å²) in [5.74, 6) is 0.0287. The predicted octanol–water partition coefficient (Wildman–Crippen LogP) is 1.71. The highest BCUT2D eigenvalue weighted by atomic mass is 79.9. The van der Waals surface area contributed by atoms with Crippen LogP contribution in [0.15, 0.2) is 22.7 Å². The number of nitrogens with zero attached hydrogens (tertiary/aromatic N) is 1. The van der Waals surface area contributed by atoms with E-state index in [0.29, 0.717) is 19.7 Å². The molecule has 1 aromatic carbocycles. The molecule has 1 fully saturated rings. The Kier molecular flexibility index (Phi) is 4.37. The normalized spacial score (nSPS) is 20.3. The van der Waals surface area contributed by atoms with Crippen molar-refractivity contribution in [3.63, 3.8) is 0 Å². The number of anilines is 1. The standard InChI is InChI=1S/C13H17BrN2O2/c1-9-7-10(14)3-4-11(9)16-5-6-18-12(8-15-2)13(16)17/h3-4,7,12,15H,5-6,8H2,1-2H3. The molecule has 5 heteroatoms. The number of benzene rings is 1. The fraction of sp³-hybridized carbons (Fsp3) is 0.462. The smallest absolute Gasteiger partial charge is 0.257 e. The van der Waals surface area contributed by atoms with Crippen molar-refractivity contribution in [2.24, 2.45) is 0 Å². The van der Waals surface area contributed by atoms with E-state index in [1.807, 2.05) is 37.1 Å². The highest BCUT2D eigenvalue weighted by molar-refractivity contribution is 9.10. The van der Waals surface area contributed by atoms with Crippen LogP contribution < -0.4 is 10.2 Å². The minimum atomic E-state index is -0.383. The van der Waals surface area contributed by atoms with Crippen LogP contribution in [0.5, 0.6) is 0 Å². The molecule has 1 atom stereocenters. The van der Waals surface area contributed by atoms with E-state index in [1.165, 1.54) is 0 Å². The van der Waals surface area contributed by atoms with Gasteiger partial charge in [0.25, 0.3) is 5.91 Å². The van der Waals surface area contributed by atoms with Crippen LogP contribution in [-0.2, 0) is 9.53 Å². The third kappa shape index (κ3) is 2.74. The lowest BCUT2D eigenvalue weighted by Gasteiger charge is -2.33. The Balaban J connectivity index is 2.24. The maximum absolute atomic E-state index is 12.3. The zero-order valence-electron chi connectivity index (χ0n) is 10.6. The average molecular weight is 313 g/mol. The van der Waals surface area contributed by atoms with Crippen molar-refractivity contribution < 1.29 is 9.53 Å². The molecule has 98 valence electrons. The van der Waals surface area contributed by atoms with Gasteiger partial charge >= 0.3 is 0 Å². The van der Waals surface area contributed by atoms with E-state index in [4.69, 9.17) is 4.74 Å². The second-order valence-corrected chi connectivity index (χ2v) is 5.25. The molecule has 1 aromatic rings. The highest BCUT2D eigenvalue weighted by Crippen LogP contribution is 2.26. The van der Waals surface area contributed by atoms with E-state index in [1.54, 1.807) is 0 Å². The second-order valence-electron chi connectivity index (χ2n) is 4.34. The minimum absolute atomic E-state index is 0.0287. The van der Waals surface area contributed by atoms with E-state index in [9.17, 15) is 4.79 Å². The van der Waals surface area contributed by atoms with Crippen molar-refractivity contribution in [2.75, 3.05) is 31.6 Å². The van der Waals surface area contributed by atoms with Crippen molar-refractivity contribution in [3.8, 4) is 0 Å². The summed E-state index contributed by atoms with van der Waals surface area (Å²) in [4.78, 5) is 14.1. The number of carbonyl (C=O) groups is 1. The Bertz CT molecular complexity index is 449. The first-order chi connectivity index (χ1) is 8.63. The molecule has 0 saturated carbocycles. The number of nitrogens with one attached hydrogen (secondary N) is 1. The minimum Gasteiger partial charge on any atom is -0.365 e. The lowest BCUT2D eigenvalue weighted by molar-refractivity contribution is -0.133. The van der Waals surface area contributed by atoms with Gasteiger partial charge in [-0.25, -0.2) is 0 Å². The number of rotatable bonds is 3. The molecule has 1 aliphatic heterocycles. The first-order valence-electron chi connectivity index (χ1n) is 5.97. The first kappa shape index (κ1) is 13.5. The number of morpholine rings is 1. The predicted molar refractivity (Wildman–Crippen MR) is 74.9 cm³/mol. The molecular weight excluding hydrogens is 296 g/mol. The summed E-state index contributed by atoms with van der Waals surface area (Å²) in [6.45, 7) is 3.75. The fourth-order valence-corrected chi connectivity index (χ4v) is 2.61. The molecule has 18 heavy (non-hydrogen) atoms. The summed E-state index contributed by atoms with van der Waals surface area (Å²) in [6, 6.07) is 5.95. The number of aryl methyl sites for hydroxylation is 1. The first-order valence-corrected chi connectivity index (χ1v) is 6.76. The molecule has 1 N–H and O–H groups in total. The van der Waals surface area contributed by atoms with Crippen molar-refractivity contribution in [1.29, 1.82) is 0 Å². The van der Waals surface area contributed by atoms with Gasteiger partial charge in [-0.15, -0.1) is 0 Å². The van der Waals surface area contributed by atoms with Gasteiger partial charge in [-0.05, 0) is 37.7 Å². The van der Waals surface area contributed by atoms with E-state index >= 15 is 0 Å². The molecule has 0 radical (unpaired) electrons. The Hall–Kier alpha value is -0.910. The van der Waals surface area contributed by atoms with Gasteiger partial charge in [0.1, 0.15) is 6.10 Å². The largest absolute Gasteiger partial charge is 0.365 e. The number of likely N-dealkylation sites (N-methyl/N-ethyl adjacent to an activating group) is 1. The summed E-state index contributed by atoms with van der Waals surface area (Å²) in [6.07, 6.45) is -0.383. The van der Waals surface area contributed by atoms with E-state index in [2.05, 4.69) is 21.2 Å². The summed E-state index contributed by atoms with van der Waals surface area (Å²) in [5.41, 5.74) is 2.05. The van der Waals surface area contributed by atoms with Crippen LogP contribution in [0, 0.1) is 6.92 Å². The van der Waals surface area contributed by atoms with Gasteiger partial charge in [0.2, 0.25) is 0 Å². The van der Waals surface area contributed by atoms with Gasteiger partial charge in [-0.3, -0.25) is 4.79 Å². The second kappa shape index (κ2) is 5.82. The number of hydrogen-bond donors (Lipinski definition) is 1. The maximum Gasteiger partial charge on any atom is 0.257 e. The quantitative estimate of drug-likeness (QED) is 0.924. The highest BCUT2D eigenvalue weighted by Gasteiger charge is 2.30. The molecule has 2 rings (SSSR count). The molecule has 0 aromatic heterocycles. The molecule has 4 nitrogen and oxygen atoms in total. The maximum atomic E-state index is 12.3. The number of ether oxygens (including phenoxy) is 1. The lowest BCUT2D eigenvalue weighted by Crippen LogP contribution is -2.51. The number of hydrogen-bond acceptors (Lipinski definition) is 3. The van der Waals surface area contributed by atoms with Crippen LogP contribution in [-0.4, -0.2) is 38.8 Å². The number of halogens is 1. The Morgan fingerprint density at radius 1 is 1.56 bits per heavy atom. The molecule has 1 amide bonds. The van der Waals surface area contributed by atoms with E-state index in [0.717, 1.165) is 15.7 Å². The summed E-state index contributed by atoms with van der Waals surface area (Å²) < 4.78 is 6.51. The summed E-state index contributed by atoms with van der Waals surface area (Å²) in [5, 5.41) is 2.98. The SMILES string of the molecule is CNCC1OCCN(c2ccc(Br)cc2C)C1=O. The van der Waals surface area contributed by atoms with Crippen LogP contribution in [0.3, 0.4) is 0 Å². The molecule has 1 heterocycles. The number of carbonyl (C=O) groups excluding carboxylic acids is 1. The van der Waals surface area contributed by atoms with Crippen molar-refractivity contribution in [2.45, 2.75) is 13.0 Å².